The normalized spacial score (nSPS) is 13.9. The summed E-state index contributed by atoms with van der Waals surface area (Å²) >= 11 is 3.49. The van der Waals surface area contributed by atoms with Crippen LogP contribution in [0.25, 0.3) is 17.5 Å². The van der Waals surface area contributed by atoms with Gasteiger partial charge in [-0.25, -0.2) is 0 Å². The van der Waals surface area contributed by atoms with Gasteiger partial charge in [-0.15, -0.1) is 10.2 Å². The number of carbonyl (C=O) groups excluding carboxylic acids is 1. The third kappa shape index (κ3) is 4.48. The van der Waals surface area contributed by atoms with E-state index in [4.69, 9.17) is 0 Å². The number of amides is 1. The molecule has 2 heterocycles. The number of benzene rings is 2. The minimum Gasteiger partial charge on any atom is -0.322 e. The third-order valence-corrected chi connectivity index (χ3v) is 5.90. The Morgan fingerprint density at radius 1 is 1.14 bits per heavy atom. The third-order valence-electron chi connectivity index (χ3n) is 5.18. The second-order valence-electron chi connectivity index (χ2n) is 7.28. The van der Waals surface area contributed by atoms with E-state index in [-0.39, 0.29) is 5.91 Å². The second-order valence-corrected chi connectivity index (χ2v) is 8.13. The van der Waals surface area contributed by atoms with Crippen molar-refractivity contribution >= 4 is 33.6 Å². The number of halogens is 1. The highest BCUT2D eigenvalue weighted by molar-refractivity contribution is 9.10. The van der Waals surface area contributed by atoms with E-state index < -0.39 is 0 Å². The Balaban J connectivity index is 1.56. The van der Waals surface area contributed by atoms with Crippen molar-refractivity contribution in [2.75, 3.05) is 5.32 Å². The van der Waals surface area contributed by atoms with Crippen LogP contribution < -0.4 is 5.32 Å². The van der Waals surface area contributed by atoms with Crippen molar-refractivity contribution in [2.45, 2.75) is 39.2 Å². The SMILES string of the molecule is Cc1ccc(-c2nnc3n2CCCCC3)cc1NC(=O)/C=C/c1ccccc1Br. The van der Waals surface area contributed by atoms with Gasteiger partial charge in [0.1, 0.15) is 5.82 Å². The molecule has 4 rings (SSSR count). The highest BCUT2D eigenvalue weighted by Crippen LogP contribution is 2.27. The minimum atomic E-state index is -0.166. The fourth-order valence-electron chi connectivity index (χ4n) is 3.54. The van der Waals surface area contributed by atoms with Gasteiger partial charge in [-0.1, -0.05) is 52.7 Å². The van der Waals surface area contributed by atoms with Gasteiger partial charge in [-0.2, -0.15) is 0 Å². The lowest BCUT2D eigenvalue weighted by Gasteiger charge is -2.11. The van der Waals surface area contributed by atoms with Crippen LogP contribution in [0.2, 0.25) is 0 Å². The van der Waals surface area contributed by atoms with Crippen LogP contribution in [-0.2, 0) is 17.8 Å². The van der Waals surface area contributed by atoms with Crippen LogP contribution in [-0.4, -0.2) is 20.7 Å². The van der Waals surface area contributed by atoms with Crippen molar-refractivity contribution in [3.63, 3.8) is 0 Å². The molecule has 0 atom stereocenters. The van der Waals surface area contributed by atoms with Crippen molar-refractivity contribution in [3.8, 4) is 11.4 Å². The Hall–Kier alpha value is -2.73. The Labute approximate surface area is 179 Å². The summed E-state index contributed by atoms with van der Waals surface area (Å²) in [7, 11) is 0. The number of anilines is 1. The number of fused-ring (bicyclic) bond motifs is 1. The maximum absolute atomic E-state index is 12.5. The van der Waals surface area contributed by atoms with Crippen LogP contribution in [0.1, 0.15) is 36.2 Å². The van der Waals surface area contributed by atoms with Gasteiger partial charge in [0, 0.05) is 34.8 Å². The molecule has 1 N–H and O–H groups in total. The van der Waals surface area contributed by atoms with Crippen LogP contribution in [0, 0.1) is 6.92 Å². The molecule has 0 saturated heterocycles. The van der Waals surface area contributed by atoms with E-state index in [0.29, 0.717) is 0 Å². The Bertz CT molecular complexity index is 1070. The Morgan fingerprint density at radius 2 is 2.00 bits per heavy atom. The molecule has 148 valence electrons. The lowest BCUT2D eigenvalue weighted by molar-refractivity contribution is -0.111. The first kappa shape index (κ1) is 19.6. The first-order valence-corrected chi connectivity index (χ1v) is 10.7. The molecule has 0 aliphatic carbocycles. The molecule has 0 saturated carbocycles. The highest BCUT2D eigenvalue weighted by atomic mass is 79.9. The fourth-order valence-corrected chi connectivity index (χ4v) is 3.96. The quantitative estimate of drug-likeness (QED) is 0.541. The number of rotatable bonds is 4. The molecule has 5 nitrogen and oxygen atoms in total. The average molecular weight is 451 g/mol. The predicted molar refractivity (Wildman–Crippen MR) is 120 cm³/mol. The second kappa shape index (κ2) is 8.74. The van der Waals surface area contributed by atoms with Crippen LogP contribution in [0.3, 0.4) is 0 Å². The summed E-state index contributed by atoms with van der Waals surface area (Å²) < 4.78 is 3.17. The van der Waals surface area contributed by atoms with Gasteiger partial charge >= 0.3 is 0 Å². The molecule has 1 aromatic heterocycles. The number of hydrogen-bond donors (Lipinski definition) is 1. The molecular formula is C23H23BrN4O. The minimum absolute atomic E-state index is 0.166. The Kier molecular flexibility index (Phi) is 5.90. The fraction of sp³-hybridized carbons (Fsp3) is 0.261. The van der Waals surface area contributed by atoms with E-state index in [1.807, 2.05) is 49.4 Å². The van der Waals surface area contributed by atoms with E-state index in [9.17, 15) is 4.79 Å². The molecule has 29 heavy (non-hydrogen) atoms. The van der Waals surface area contributed by atoms with Gasteiger partial charge in [0.25, 0.3) is 0 Å². The topological polar surface area (TPSA) is 59.8 Å². The van der Waals surface area contributed by atoms with Crippen molar-refractivity contribution in [1.29, 1.82) is 0 Å². The van der Waals surface area contributed by atoms with Gasteiger partial charge in [-0.05, 0) is 49.1 Å². The van der Waals surface area contributed by atoms with Crippen LogP contribution in [0.15, 0.2) is 53.0 Å². The van der Waals surface area contributed by atoms with Gasteiger partial charge in [0.2, 0.25) is 5.91 Å². The number of aromatic nitrogens is 3. The van der Waals surface area contributed by atoms with Gasteiger partial charge in [0.15, 0.2) is 5.82 Å². The number of nitrogens with zero attached hydrogens (tertiary/aromatic N) is 3. The molecule has 6 heteroatoms. The largest absolute Gasteiger partial charge is 0.322 e. The summed E-state index contributed by atoms with van der Waals surface area (Å²) in [6, 6.07) is 13.8. The van der Waals surface area contributed by atoms with E-state index in [1.165, 1.54) is 6.42 Å². The first-order chi connectivity index (χ1) is 14.1. The molecule has 1 aliphatic heterocycles. The molecule has 1 aliphatic rings. The predicted octanol–water partition coefficient (Wildman–Crippen LogP) is 5.39. The highest BCUT2D eigenvalue weighted by Gasteiger charge is 2.16. The summed E-state index contributed by atoms with van der Waals surface area (Å²) in [5.74, 6) is 1.77. The first-order valence-electron chi connectivity index (χ1n) is 9.88. The van der Waals surface area contributed by atoms with Gasteiger partial charge in [-0.3, -0.25) is 4.79 Å². The maximum Gasteiger partial charge on any atom is 0.248 e. The van der Waals surface area contributed by atoms with Crippen molar-refractivity contribution in [2.24, 2.45) is 0 Å². The van der Waals surface area contributed by atoms with Crippen LogP contribution in [0.5, 0.6) is 0 Å². The summed E-state index contributed by atoms with van der Waals surface area (Å²) in [6.45, 7) is 2.93. The molecule has 0 spiro atoms. The van der Waals surface area contributed by atoms with Crippen molar-refractivity contribution < 1.29 is 4.79 Å². The molecule has 0 fully saturated rings. The summed E-state index contributed by atoms with van der Waals surface area (Å²) in [5, 5.41) is 11.8. The van der Waals surface area contributed by atoms with Gasteiger partial charge < -0.3 is 9.88 Å². The molecular weight excluding hydrogens is 428 g/mol. The van der Waals surface area contributed by atoms with Crippen LogP contribution >= 0.6 is 15.9 Å². The lowest BCUT2D eigenvalue weighted by atomic mass is 10.1. The number of aryl methyl sites for hydroxylation is 2. The van der Waals surface area contributed by atoms with Crippen molar-refractivity contribution in [3.05, 3.63) is 70.0 Å². The monoisotopic (exact) mass is 450 g/mol. The molecule has 0 radical (unpaired) electrons. The number of hydrogen-bond acceptors (Lipinski definition) is 3. The molecule has 3 aromatic rings. The average Bonchev–Trinajstić information content (AvgIpc) is 2.97. The molecule has 0 unspecified atom stereocenters. The number of nitrogens with one attached hydrogen (secondary N) is 1. The van der Waals surface area contributed by atoms with E-state index >= 15 is 0 Å². The summed E-state index contributed by atoms with van der Waals surface area (Å²) in [4.78, 5) is 12.5. The van der Waals surface area contributed by atoms with E-state index in [0.717, 1.165) is 64.3 Å². The van der Waals surface area contributed by atoms with Gasteiger partial charge in [0.05, 0.1) is 0 Å². The standard InChI is InChI=1S/C23H23BrN4O/c1-16-10-11-18(23-27-26-21-9-3-2-6-14-28(21)23)15-20(16)25-22(29)13-12-17-7-4-5-8-19(17)24/h4-5,7-8,10-13,15H,2-3,6,9,14H2,1H3,(H,25,29)/b13-12+. The lowest BCUT2D eigenvalue weighted by Crippen LogP contribution is -2.09. The summed E-state index contributed by atoms with van der Waals surface area (Å²) in [5.41, 5.74) is 3.72. The van der Waals surface area contributed by atoms with E-state index in [1.54, 1.807) is 12.2 Å². The smallest absolute Gasteiger partial charge is 0.248 e. The Morgan fingerprint density at radius 3 is 2.86 bits per heavy atom. The summed E-state index contributed by atoms with van der Waals surface area (Å²) in [6.07, 6.45) is 7.86. The van der Waals surface area contributed by atoms with E-state index in [2.05, 4.69) is 36.0 Å². The zero-order valence-electron chi connectivity index (χ0n) is 16.4. The molecule has 0 bridgehead atoms. The van der Waals surface area contributed by atoms with Crippen molar-refractivity contribution in [1.82, 2.24) is 14.8 Å². The zero-order chi connectivity index (χ0) is 20.2. The molecule has 2 aromatic carbocycles. The van der Waals surface area contributed by atoms with Crippen LogP contribution in [0.4, 0.5) is 5.69 Å². The zero-order valence-corrected chi connectivity index (χ0v) is 17.9. The number of carbonyl (C=O) groups is 1. The molecule has 1 amide bonds. The maximum atomic E-state index is 12.5.